The number of phenols is 1. The van der Waals surface area contributed by atoms with Crippen LogP contribution in [0.2, 0.25) is 0 Å². The number of phenolic OH excluding ortho intramolecular Hbond substituents is 1. The van der Waals surface area contributed by atoms with Gasteiger partial charge in [-0.15, -0.1) is 11.3 Å². The maximum atomic E-state index is 12.2. The highest BCUT2D eigenvalue weighted by molar-refractivity contribution is 7.16. The highest BCUT2D eigenvalue weighted by atomic mass is 32.1. The smallest absolute Gasteiger partial charge is 0.325 e. The molecule has 1 aromatic heterocycles. The minimum absolute atomic E-state index is 0.186. The Labute approximate surface area is 166 Å². The number of ether oxygens (including phenoxy) is 1. The van der Waals surface area contributed by atoms with Crippen LogP contribution in [0.5, 0.6) is 5.75 Å². The number of anilines is 2. The van der Waals surface area contributed by atoms with Gasteiger partial charge in [0.15, 0.2) is 5.13 Å². The molecule has 2 aromatic carbocycles. The number of methoxy groups -OCH3 is 1. The molecule has 0 spiro atoms. The van der Waals surface area contributed by atoms with Crippen molar-refractivity contribution >= 4 is 34.0 Å². The zero-order chi connectivity index (χ0) is 20.1. The molecular formula is C20H19N3O4S. The summed E-state index contributed by atoms with van der Waals surface area (Å²) < 4.78 is 4.51. The van der Waals surface area contributed by atoms with Gasteiger partial charge in [-0.1, -0.05) is 6.07 Å². The van der Waals surface area contributed by atoms with Gasteiger partial charge in [0.25, 0.3) is 5.91 Å². The fraction of sp³-hybridized carbons (Fsp3) is 0.150. The van der Waals surface area contributed by atoms with Gasteiger partial charge in [0.1, 0.15) is 12.3 Å². The molecule has 0 radical (unpaired) electrons. The molecule has 28 heavy (non-hydrogen) atoms. The molecule has 0 fully saturated rings. The average molecular weight is 397 g/mol. The molecule has 3 rings (SSSR count). The third-order valence-corrected chi connectivity index (χ3v) is 4.82. The van der Waals surface area contributed by atoms with Crippen LogP contribution in [0.25, 0.3) is 11.3 Å². The van der Waals surface area contributed by atoms with E-state index in [2.05, 4.69) is 20.4 Å². The van der Waals surface area contributed by atoms with Crippen LogP contribution in [0.4, 0.5) is 10.8 Å². The molecular weight excluding hydrogens is 378 g/mol. The number of amides is 1. The van der Waals surface area contributed by atoms with Gasteiger partial charge in [0, 0.05) is 21.7 Å². The van der Waals surface area contributed by atoms with E-state index in [0.29, 0.717) is 16.4 Å². The van der Waals surface area contributed by atoms with Crippen LogP contribution in [0.3, 0.4) is 0 Å². The molecule has 0 atom stereocenters. The van der Waals surface area contributed by atoms with Crippen molar-refractivity contribution in [2.45, 2.75) is 6.92 Å². The van der Waals surface area contributed by atoms with Crippen LogP contribution in [0.15, 0.2) is 48.5 Å². The SMILES string of the molecule is COC(=O)CNC(=O)c1cccc(Nc2nc(-c3ccc(O)cc3)c(C)s2)c1. The highest BCUT2D eigenvalue weighted by Crippen LogP contribution is 2.32. The molecule has 3 N–H and O–H groups in total. The predicted molar refractivity (Wildman–Crippen MR) is 108 cm³/mol. The second-order valence-corrected chi connectivity index (χ2v) is 7.14. The fourth-order valence-electron chi connectivity index (χ4n) is 2.53. The van der Waals surface area contributed by atoms with Gasteiger partial charge >= 0.3 is 5.97 Å². The number of esters is 1. The molecule has 1 heterocycles. The van der Waals surface area contributed by atoms with Gasteiger partial charge in [0.05, 0.1) is 12.8 Å². The Bertz CT molecular complexity index is 999. The van der Waals surface area contributed by atoms with Crippen molar-refractivity contribution in [3.63, 3.8) is 0 Å². The van der Waals surface area contributed by atoms with Crippen molar-refractivity contribution in [2.24, 2.45) is 0 Å². The first-order chi connectivity index (χ1) is 13.5. The van der Waals surface area contributed by atoms with E-state index >= 15 is 0 Å². The van der Waals surface area contributed by atoms with Crippen molar-refractivity contribution in [3.8, 4) is 17.0 Å². The van der Waals surface area contributed by atoms with Crippen molar-refractivity contribution in [1.82, 2.24) is 10.3 Å². The number of carbonyl (C=O) groups excluding carboxylic acids is 2. The van der Waals surface area contributed by atoms with E-state index in [0.717, 1.165) is 16.1 Å². The first kappa shape index (κ1) is 19.4. The first-order valence-electron chi connectivity index (χ1n) is 8.45. The maximum absolute atomic E-state index is 12.2. The molecule has 1 amide bonds. The zero-order valence-corrected chi connectivity index (χ0v) is 16.2. The van der Waals surface area contributed by atoms with Crippen molar-refractivity contribution in [1.29, 1.82) is 0 Å². The van der Waals surface area contributed by atoms with Crippen molar-refractivity contribution in [3.05, 3.63) is 59.0 Å². The third-order valence-electron chi connectivity index (χ3n) is 3.93. The largest absolute Gasteiger partial charge is 0.508 e. The molecule has 0 aliphatic rings. The number of nitrogens with one attached hydrogen (secondary N) is 2. The van der Waals surface area contributed by atoms with E-state index < -0.39 is 5.97 Å². The molecule has 0 bridgehead atoms. The number of rotatable bonds is 6. The molecule has 144 valence electrons. The highest BCUT2D eigenvalue weighted by Gasteiger charge is 2.12. The number of hydrogen-bond acceptors (Lipinski definition) is 7. The van der Waals surface area contributed by atoms with Gasteiger partial charge in [-0.2, -0.15) is 0 Å². The minimum atomic E-state index is -0.511. The summed E-state index contributed by atoms with van der Waals surface area (Å²) in [5, 5.41) is 15.8. The lowest BCUT2D eigenvalue weighted by Crippen LogP contribution is -2.30. The summed E-state index contributed by atoms with van der Waals surface area (Å²) in [6, 6.07) is 13.8. The zero-order valence-electron chi connectivity index (χ0n) is 15.4. The maximum Gasteiger partial charge on any atom is 0.325 e. The number of thiazole rings is 1. The second-order valence-electron chi connectivity index (χ2n) is 5.94. The van der Waals surface area contributed by atoms with Crippen LogP contribution in [0.1, 0.15) is 15.2 Å². The lowest BCUT2D eigenvalue weighted by Gasteiger charge is -2.07. The number of aromatic nitrogens is 1. The van der Waals surface area contributed by atoms with Crippen LogP contribution in [-0.2, 0) is 9.53 Å². The first-order valence-corrected chi connectivity index (χ1v) is 9.27. The molecule has 0 aliphatic heterocycles. The number of aryl methyl sites for hydroxylation is 1. The Hall–Kier alpha value is -3.39. The lowest BCUT2D eigenvalue weighted by molar-refractivity contribution is -0.139. The Balaban J connectivity index is 1.74. The Morgan fingerprint density at radius 2 is 1.93 bits per heavy atom. The van der Waals surface area contributed by atoms with E-state index in [1.54, 1.807) is 30.3 Å². The van der Waals surface area contributed by atoms with Crippen LogP contribution >= 0.6 is 11.3 Å². The summed E-state index contributed by atoms with van der Waals surface area (Å²) in [6.07, 6.45) is 0. The van der Waals surface area contributed by atoms with E-state index in [1.165, 1.54) is 18.4 Å². The van der Waals surface area contributed by atoms with Crippen LogP contribution < -0.4 is 10.6 Å². The molecule has 0 aliphatic carbocycles. The van der Waals surface area contributed by atoms with Crippen LogP contribution in [-0.4, -0.2) is 35.6 Å². The second kappa shape index (κ2) is 8.53. The normalized spacial score (nSPS) is 10.4. The number of nitrogens with zero attached hydrogens (tertiary/aromatic N) is 1. The van der Waals surface area contributed by atoms with E-state index in [-0.39, 0.29) is 18.2 Å². The predicted octanol–water partition coefficient (Wildman–Crippen LogP) is 3.47. The monoisotopic (exact) mass is 397 g/mol. The minimum Gasteiger partial charge on any atom is -0.508 e. The summed E-state index contributed by atoms with van der Waals surface area (Å²) in [5.74, 6) is -0.672. The number of benzene rings is 2. The summed E-state index contributed by atoms with van der Waals surface area (Å²) in [6.45, 7) is 1.79. The van der Waals surface area contributed by atoms with E-state index in [1.807, 2.05) is 25.1 Å². The van der Waals surface area contributed by atoms with Gasteiger partial charge in [-0.05, 0) is 49.4 Å². The number of hydrogen-bond donors (Lipinski definition) is 3. The average Bonchev–Trinajstić information content (AvgIpc) is 3.06. The van der Waals surface area contributed by atoms with E-state index in [9.17, 15) is 14.7 Å². The third kappa shape index (κ3) is 4.66. The topological polar surface area (TPSA) is 101 Å². The molecule has 0 saturated carbocycles. The molecule has 8 heteroatoms. The Kier molecular flexibility index (Phi) is 5.90. The molecule has 0 saturated heterocycles. The summed E-state index contributed by atoms with van der Waals surface area (Å²) >= 11 is 1.49. The Morgan fingerprint density at radius 1 is 1.18 bits per heavy atom. The van der Waals surface area contributed by atoms with Gasteiger partial charge in [0.2, 0.25) is 0 Å². The molecule has 3 aromatic rings. The number of aromatic hydroxyl groups is 1. The number of carbonyl (C=O) groups is 2. The molecule has 0 unspecified atom stereocenters. The summed E-state index contributed by atoms with van der Waals surface area (Å²) in [5.41, 5.74) is 2.87. The van der Waals surface area contributed by atoms with Crippen molar-refractivity contribution < 1.29 is 19.4 Å². The summed E-state index contributed by atoms with van der Waals surface area (Å²) in [4.78, 5) is 29.0. The summed E-state index contributed by atoms with van der Waals surface area (Å²) in [7, 11) is 1.27. The van der Waals surface area contributed by atoms with Gasteiger partial charge in [-0.25, -0.2) is 4.98 Å². The molecule has 7 nitrogen and oxygen atoms in total. The quantitative estimate of drug-likeness (QED) is 0.551. The lowest BCUT2D eigenvalue weighted by atomic mass is 10.1. The van der Waals surface area contributed by atoms with Gasteiger partial charge < -0.3 is 20.5 Å². The standard InChI is InChI=1S/C20H19N3O4S/c1-12-18(13-6-8-16(24)9-7-13)23-20(28-12)22-15-5-3-4-14(10-15)19(26)21-11-17(25)27-2/h3-10,24H,11H2,1-2H3,(H,21,26)(H,22,23). The Morgan fingerprint density at radius 3 is 2.64 bits per heavy atom. The van der Waals surface area contributed by atoms with Crippen LogP contribution in [0, 0.1) is 6.92 Å². The van der Waals surface area contributed by atoms with Gasteiger partial charge in [-0.3, -0.25) is 9.59 Å². The van der Waals surface area contributed by atoms with Crippen molar-refractivity contribution in [2.75, 3.05) is 19.0 Å². The van der Waals surface area contributed by atoms with E-state index in [4.69, 9.17) is 0 Å². The fourth-order valence-corrected chi connectivity index (χ4v) is 3.38.